The molecule has 0 saturated heterocycles. The van der Waals surface area contributed by atoms with Crippen LogP contribution in [0.15, 0.2) is 0 Å². The molecule has 0 N–H and O–H groups in total. The van der Waals surface area contributed by atoms with E-state index in [4.69, 9.17) is 4.52 Å². The lowest BCUT2D eigenvalue weighted by Crippen LogP contribution is -2.09. The van der Waals surface area contributed by atoms with Gasteiger partial charge in [0, 0.05) is 0 Å². The van der Waals surface area contributed by atoms with E-state index < -0.39 is 7.82 Å². The van der Waals surface area contributed by atoms with Gasteiger partial charge in [-0.15, -0.1) is 0 Å². The summed E-state index contributed by atoms with van der Waals surface area (Å²) in [5, 5.41) is 0. The minimum absolute atomic E-state index is 0.208. The second-order valence-corrected chi connectivity index (χ2v) is 8.12. The van der Waals surface area contributed by atoms with Crippen molar-refractivity contribution >= 4 is 7.82 Å². The Bertz CT molecular complexity index is 297. The zero-order valence-electron chi connectivity index (χ0n) is 16.1. The van der Waals surface area contributed by atoms with E-state index in [1.807, 2.05) is 6.92 Å². The third kappa shape index (κ3) is 18.4. The molecule has 0 amide bonds. The third-order valence-electron chi connectivity index (χ3n) is 4.20. The van der Waals surface area contributed by atoms with E-state index in [0.29, 0.717) is 6.42 Å². The summed E-state index contributed by atoms with van der Waals surface area (Å²) in [6.07, 6.45) is 18.7. The van der Waals surface area contributed by atoms with Crippen molar-refractivity contribution in [1.82, 2.24) is 0 Å². The van der Waals surface area contributed by atoms with Gasteiger partial charge in [-0.1, -0.05) is 97.3 Å². The van der Waals surface area contributed by atoms with E-state index in [2.05, 4.69) is 11.4 Å². The second-order valence-electron chi connectivity index (χ2n) is 6.71. The Kier molecular flexibility index (Phi) is 18.0. The largest absolute Gasteiger partial charge is 0.756 e. The first-order valence-corrected chi connectivity index (χ1v) is 11.7. The summed E-state index contributed by atoms with van der Waals surface area (Å²) in [4.78, 5) is 11.3. The molecule has 146 valence electrons. The maximum Gasteiger partial charge on any atom is 0.267 e. The molecule has 0 aromatic heterocycles. The molecule has 0 aromatic carbocycles. The lowest BCUT2D eigenvalue weighted by Gasteiger charge is -2.22. The molecule has 0 aromatic rings. The maximum atomic E-state index is 11.3. The molecule has 4 nitrogen and oxygen atoms in total. The van der Waals surface area contributed by atoms with E-state index in [1.165, 1.54) is 77.0 Å². The number of hydrogen-bond acceptors (Lipinski definition) is 4. The van der Waals surface area contributed by atoms with Crippen LogP contribution in [-0.2, 0) is 13.6 Å². The van der Waals surface area contributed by atoms with Crippen LogP contribution in [0.5, 0.6) is 0 Å². The number of phosphoric acid groups is 1. The van der Waals surface area contributed by atoms with Crippen LogP contribution >= 0.6 is 7.82 Å². The normalized spacial score (nSPS) is 14.0. The van der Waals surface area contributed by atoms with Crippen molar-refractivity contribution in [3.05, 3.63) is 0 Å². The summed E-state index contributed by atoms with van der Waals surface area (Å²) in [5.41, 5.74) is 0. The quantitative estimate of drug-likeness (QED) is 0.197. The molecule has 0 rings (SSSR count). The predicted molar refractivity (Wildman–Crippen MR) is 100 cm³/mol. The number of phosphoric ester groups is 1. The molecule has 0 aliphatic rings. The van der Waals surface area contributed by atoms with Gasteiger partial charge in [0.05, 0.1) is 13.2 Å². The highest BCUT2D eigenvalue weighted by Gasteiger charge is 2.07. The van der Waals surface area contributed by atoms with Gasteiger partial charge < -0.3 is 13.9 Å². The Balaban J connectivity index is 3.16. The van der Waals surface area contributed by atoms with Crippen molar-refractivity contribution in [2.75, 3.05) is 13.2 Å². The first-order valence-electron chi connectivity index (χ1n) is 10.2. The van der Waals surface area contributed by atoms with Gasteiger partial charge in [-0.3, -0.25) is 4.57 Å². The van der Waals surface area contributed by atoms with Crippen LogP contribution in [-0.4, -0.2) is 13.2 Å². The molecule has 1 atom stereocenters. The van der Waals surface area contributed by atoms with Crippen LogP contribution < -0.4 is 4.89 Å². The monoisotopic (exact) mass is 363 g/mol. The van der Waals surface area contributed by atoms with Gasteiger partial charge in [0.1, 0.15) is 0 Å². The molecular formula is C19H40O4P-. The van der Waals surface area contributed by atoms with Crippen LogP contribution in [0.4, 0.5) is 0 Å². The average molecular weight is 363 g/mol. The molecule has 5 heteroatoms. The average Bonchev–Trinajstić information content (AvgIpc) is 2.56. The van der Waals surface area contributed by atoms with E-state index in [0.717, 1.165) is 12.8 Å². The second kappa shape index (κ2) is 17.9. The Labute approximate surface area is 150 Å². The van der Waals surface area contributed by atoms with Gasteiger partial charge in [0.2, 0.25) is 0 Å². The number of rotatable bonds is 19. The number of hydrogen-bond donors (Lipinski definition) is 0. The predicted octanol–water partition coefficient (Wildman–Crippen LogP) is 6.38. The van der Waals surface area contributed by atoms with Gasteiger partial charge in [0.15, 0.2) is 0 Å². The summed E-state index contributed by atoms with van der Waals surface area (Å²) < 4.78 is 20.8. The lowest BCUT2D eigenvalue weighted by atomic mass is 10.0. The Morgan fingerprint density at radius 3 is 1.38 bits per heavy atom. The van der Waals surface area contributed by atoms with Crippen LogP contribution in [0.1, 0.15) is 110 Å². The Morgan fingerprint density at radius 1 is 0.583 bits per heavy atom. The SMILES string of the molecule is CCCCCCCCCCCCCCCCOP(=O)([O-])OCCC. The van der Waals surface area contributed by atoms with Crippen LogP contribution in [0.3, 0.4) is 0 Å². The topological polar surface area (TPSA) is 58.6 Å². The van der Waals surface area contributed by atoms with Crippen molar-refractivity contribution < 1.29 is 18.5 Å². The summed E-state index contributed by atoms with van der Waals surface area (Å²) in [6, 6.07) is 0. The van der Waals surface area contributed by atoms with Crippen molar-refractivity contribution in [2.45, 2.75) is 110 Å². The molecule has 1 unspecified atom stereocenters. The van der Waals surface area contributed by atoms with Gasteiger partial charge in [-0.05, 0) is 12.8 Å². The molecule has 0 radical (unpaired) electrons. The zero-order valence-corrected chi connectivity index (χ0v) is 17.0. The first kappa shape index (κ1) is 24.1. The van der Waals surface area contributed by atoms with Crippen LogP contribution in [0.25, 0.3) is 0 Å². The molecule has 0 aliphatic carbocycles. The van der Waals surface area contributed by atoms with E-state index in [9.17, 15) is 9.46 Å². The standard InChI is InChI=1S/C19H41O4P/c1-3-5-6-7-8-9-10-11-12-13-14-15-16-17-19-23-24(20,21)22-18-4-2/h3-19H2,1-2H3,(H,20,21)/p-1. The van der Waals surface area contributed by atoms with E-state index >= 15 is 0 Å². The summed E-state index contributed by atoms with van der Waals surface area (Å²) in [6.45, 7) is 4.59. The summed E-state index contributed by atoms with van der Waals surface area (Å²) in [7, 11) is -4.05. The van der Waals surface area contributed by atoms with Crippen molar-refractivity contribution in [2.24, 2.45) is 0 Å². The Morgan fingerprint density at radius 2 is 0.958 bits per heavy atom. The van der Waals surface area contributed by atoms with Crippen LogP contribution in [0, 0.1) is 0 Å². The van der Waals surface area contributed by atoms with E-state index in [-0.39, 0.29) is 13.2 Å². The highest BCUT2D eigenvalue weighted by atomic mass is 31.2. The Hall–Kier alpha value is 0.110. The molecule has 0 saturated carbocycles. The fourth-order valence-corrected chi connectivity index (χ4v) is 3.55. The van der Waals surface area contributed by atoms with E-state index in [1.54, 1.807) is 0 Å². The molecular weight excluding hydrogens is 323 g/mol. The van der Waals surface area contributed by atoms with Gasteiger partial charge in [-0.2, -0.15) is 0 Å². The lowest BCUT2D eigenvalue weighted by molar-refractivity contribution is -0.225. The van der Waals surface area contributed by atoms with Crippen molar-refractivity contribution in [3.63, 3.8) is 0 Å². The fourth-order valence-electron chi connectivity index (χ4n) is 2.71. The first-order chi connectivity index (χ1) is 11.6. The van der Waals surface area contributed by atoms with Crippen LogP contribution in [0.2, 0.25) is 0 Å². The smallest absolute Gasteiger partial charge is 0.267 e. The molecule has 24 heavy (non-hydrogen) atoms. The van der Waals surface area contributed by atoms with Gasteiger partial charge in [0.25, 0.3) is 7.82 Å². The summed E-state index contributed by atoms with van der Waals surface area (Å²) in [5.74, 6) is 0. The minimum Gasteiger partial charge on any atom is -0.756 e. The molecule has 0 aliphatic heterocycles. The van der Waals surface area contributed by atoms with Gasteiger partial charge >= 0.3 is 0 Å². The van der Waals surface area contributed by atoms with Crippen molar-refractivity contribution in [3.8, 4) is 0 Å². The van der Waals surface area contributed by atoms with Crippen molar-refractivity contribution in [1.29, 1.82) is 0 Å². The van der Waals surface area contributed by atoms with Gasteiger partial charge in [-0.25, -0.2) is 0 Å². The summed E-state index contributed by atoms with van der Waals surface area (Å²) >= 11 is 0. The fraction of sp³-hybridized carbons (Fsp3) is 1.00. The number of unbranched alkanes of at least 4 members (excludes halogenated alkanes) is 13. The zero-order chi connectivity index (χ0) is 17.9. The molecule has 0 heterocycles. The third-order valence-corrected chi connectivity index (χ3v) is 5.20. The minimum atomic E-state index is -4.05. The molecule has 0 spiro atoms. The highest BCUT2D eigenvalue weighted by Crippen LogP contribution is 2.38. The maximum absolute atomic E-state index is 11.3. The molecule has 0 fully saturated rings. The molecule has 0 bridgehead atoms. The highest BCUT2D eigenvalue weighted by molar-refractivity contribution is 7.45.